The van der Waals surface area contributed by atoms with Crippen LogP contribution in [0.4, 0.5) is 11.4 Å². The summed E-state index contributed by atoms with van der Waals surface area (Å²) in [6, 6.07) is 4.71. The Balaban J connectivity index is 2.01. The standard InChI is InChI=1S/C12H15N3O2S2/c1-19(16,17)10-2-3-12(11(13)6-10)14-5-4-9-7-18-8-15-9/h2-3,6-8,14H,4-5,13H2,1H3. The molecule has 0 amide bonds. The number of nitrogens with zero attached hydrogens (tertiary/aromatic N) is 1. The van der Waals surface area contributed by atoms with E-state index in [1.165, 1.54) is 6.07 Å². The molecule has 1 aromatic carbocycles. The third-order valence-corrected chi connectivity index (χ3v) is 4.38. The molecule has 0 saturated carbocycles. The Morgan fingerprint density at radius 2 is 2.21 bits per heavy atom. The molecule has 0 atom stereocenters. The zero-order chi connectivity index (χ0) is 13.9. The van der Waals surface area contributed by atoms with E-state index in [1.54, 1.807) is 29.0 Å². The fourth-order valence-corrected chi connectivity index (χ4v) is 2.87. The summed E-state index contributed by atoms with van der Waals surface area (Å²) in [6.07, 6.45) is 1.97. The maximum atomic E-state index is 11.4. The maximum absolute atomic E-state index is 11.4. The molecule has 1 aromatic heterocycles. The Bertz CT molecular complexity index is 652. The molecule has 0 bridgehead atoms. The zero-order valence-electron chi connectivity index (χ0n) is 10.5. The van der Waals surface area contributed by atoms with Gasteiger partial charge in [-0.3, -0.25) is 0 Å². The highest BCUT2D eigenvalue weighted by Gasteiger charge is 2.09. The number of anilines is 2. The summed E-state index contributed by atoms with van der Waals surface area (Å²) in [5, 5.41) is 5.17. The molecule has 0 fully saturated rings. The van der Waals surface area contributed by atoms with E-state index in [2.05, 4.69) is 10.3 Å². The van der Waals surface area contributed by atoms with E-state index < -0.39 is 9.84 Å². The van der Waals surface area contributed by atoms with Crippen molar-refractivity contribution in [2.45, 2.75) is 11.3 Å². The van der Waals surface area contributed by atoms with Gasteiger partial charge in [-0.2, -0.15) is 0 Å². The van der Waals surface area contributed by atoms with Gasteiger partial charge in [-0.1, -0.05) is 0 Å². The summed E-state index contributed by atoms with van der Waals surface area (Å²) in [4.78, 5) is 4.42. The normalized spacial score (nSPS) is 11.4. The molecule has 2 rings (SSSR count). The average molecular weight is 297 g/mol. The van der Waals surface area contributed by atoms with Gasteiger partial charge in [0.25, 0.3) is 0 Å². The first-order valence-electron chi connectivity index (χ1n) is 5.67. The van der Waals surface area contributed by atoms with Gasteiger partial charge in [-0.25, -0.2) is 13.4 Å². The zero-order valence-corrected chi connectivity index (χ0v) is 12.1. The Kier molecular flexibility index (Phi) is 4.06. The van der Waals surface area contributed by atoms with Gasteiger partial charge in [0.1, 0.15) is 0 Å². The van der Waals surface area contributed by atoms with Crippen LogP contribution in [0, 0.1) is 0 Å². The van der Waals surface area contributed by atoms with Crippen molar-refractivity contribution < 1.29 is 8.42 Å². The third-order valence-electron chi connectivity index (χ3n) is 2.63. The van der Waals surface area contributed by atoms with Crippen molar-refractivity contribution >= 4 is 32.5 Å². The molecular formula is C12H15N3O2S2. The molecule has 0 spiro atoms. The Morgan fingerprint density at radius 1 is 1.42 bits per heavy atom. The van der Waals surface area contributed by atoms with Gasteiger partial charge in [0.2, 0.25) is 0 Å². The minimum atomic E-state index is -3.21. The first-order chi connectivity index (χ1) is 8.97. The van der Waals surface area contributed by atoms with E-state index in [-0.39, 0.29) is 4.90 Å². The second kappa shape index (κ2) is 5.58. The van der Waals surface area contributed by atoms with E-state index in [0.717, 1.165) is 24.1 Å². The number of sulfone groups is 1. The monoisotopic (exact) mass is 297 g/mol. The molecule has 0 radical (unpaired) electrons. The van der Waals surface area contributed by atoms with E-state index in [4.69, 9.17) is 5.73 Å². The van der Waals surface area contributed by atoms with E-state index in [9.17, 15) is 8.42 Å². The number of thiazole rings is 1. The summed E-state index contributed by atoms with van der Waals surface area (Å²) in [7, 11) is -3.21. The number of hydrogen-bond donors (Lipinski definition) is 2. The largest absolute Gasteiger partial charge is 0.397 e. The van der Waals surface area contributed by atoms with Gasteiger partial charge in [0.05, 0.1) is 27.5 Å². The van der Waals surface area contributed by atoms with Crippen molar-refractivity contribution in [1.29, 1.82) is 0 Å². The first kappa shape index (κ1) is 13.8. The lowest BCUT2D eigenvalue weighted by atomic mass is 10.2. The predicted octanol–water partition coefficient (Wildman–Crippen LogP) is 1.78. The summed E-state index contributed by atoms with van der Waals surface area (Å²) >= 11 is 1.56. The van der Waals surface area contributed by atoms with Gasteiger partial charge < -0.3 is 11.1 Å². The molecule has 1 heterocycles. The summed E-state index contributed by atoms with van der Waals surface area (Å²) in [5.41, 5.74) is 9.83. The number of aromatic nitrogens is 1. The highest BCUT2D eigenvalue weighted by molar-refractivity contribution is 7.90. The molecule has 0 saturated heterocycles. The lowest BCUT2D eigenvalue weighted by Gasteiger charge is -2.09. The quantitative estimate of drug-likeness (QED) is 0.822. The molecule has 7 heteroatoms. The molecule has 5 nitrogen and oxygen atoms in total. The number of hydrogen-bond acceptors (Lipinski definition) is 6. The van der Waals surface area contributed by atoms with Crippen molar-refractivity contribution in [3.05, 3.63) is 34.8 Å². The van der Waals surface area contributed by atoms with Gasteiger partial charge in [0.15, 0.2) is 9.84 Å². The van der Waals surface area contributed by atoms with Crippen LogP contribution in [0.5, 0.6) is 0 Å². The van der Waals surface area contributed by atoms with Crippen LogP contribution in [0.2, 0.25) is 0 Å². The topological polar surface area (TPSA) is 85.1 Å². The molecule has 2 aromatic rings. The number of nitrogens with one attached hydrogen (secondary N) is 1. The fourth-order valence-electron chi connectivity index (χ4n) is 1.62. The van der Waals surface area contributed by atoms with Crippen molar-refractivity contribution in [2.24, 2.45) is 0 Å². The molecule has 0 aliphatic rings. The van der Waals surface area contributed by atoms with Crippen LogP contribution >= 0.6 is 11.3 Å². The Morgan fingerprint density at radius 3 is 2.79 bits per heavy atom. The van der Waals surface area contributed by atoms with Crippen molar-refractivity contribution in [3.8, 4) is 0 Å². The number of rotatable bonds is 5. The van der Waals surface area contributed by atoms with Crippen molar-refractivity contribution in [2.75, 3.05) is 23.9 Å². The molecule has 19 heavy (non-hydrogen) atoms. The van der Waals surface area contributed by atoms with Crippen LogP contribution in [-0.4, -0.2) is 26.2 Å². The Labute approximate surface area is 116 Å². The lowest BCUT2D eigenvalue weighted by Crippen LogP contribution is -2.08. The van der Waals surface area contributed by atoms with Crippen LogP contribution < -0.4 is 11.1 Å². The third kappa shape index (κ3) is 3.68. The Hall–Kier alpha value is -1.60. The summed E-state index contributed by atoms with van der Waals surface area (Å²) < 4.78 is 22.8. The summed E-state index contributed by atoms with van der Waals surface area (Å²) in [5.74, 6) is 0. The SMILES string of the molecule is CS(=O)(=O)c1ccc(NCCc2cscn2)c(N)c1. The van der Waals surface area contributed by atoms with Crippen LogP contribution in [0.25, 0.3) is 0 Å². The number of nitrogen functional groups attached to an aromatic ring is 1. The fraction of sp³-hybridized carbons (Fsp3) is 0.250. The van der Waals surface area contributed by atoms with Gasteiger partial charge in [0, 0.05) is 24.6 Å². The van der Waals surface area contributed by atoms with Crippen LogP contribution in [0.1, 0.15) is 5.69 Å². The molecule has 102 valence electrons. The second-order valence-corrected chi connectivity index (χ2v) is 6.91. The molecule has 0 aliphatic heterocycles. The number of nitrogens with two attached hydrogens (primary N) is 1. The van der Waals surface area contributed by atoms with Gasteiger partial charge in [-0.05, 0) is 18.2 Å². The van der Waals surface area contributed by atoms with Gasteiger partial charge >= 0.3 is 0 Å². The average Bonchev–Trinajstić information content (AvgIpc) is 2.83. The second-order valence-electron chi connectivity index (χ2n) is 4.18. The lowest BCUT2D eigenvalue weighted by molar-refractivity contribution is 0.602. The van der Waals surface area contributed by atoms with Crippen molar-refractivity contribution in [1.82, 2.24) is 4.98 Å². The van der Waals surface area contributed by atoms with E-state index >= 15 is 0 Å². The maximum Gasteiger partial charge on any atom is 0.175 e. The van der Waals surface area contributed by atoms with Crippen LogP contribution in [0.3, 0.4) is 0 Å². The van der Waals surface area contributed by atoms with E-state index in [1.807, 2.05) is 5.38 Å². The smallest absolute Gasteiger partial charge is 0.175 e. The summed E-state index contributed by atoms with van der Waals surface area (Å²) in [6.45, 7) is 0.701. The van der Waals surface area contributed by atoms with Crippen LogP contribution in [-0.2, 0) is 16.3 Å². The van der Waals surface area contributed by atoms with E-state index in [0.29, 0.717) is 12.2 Å². The number of benzene rings is 1. The minimum Gasteiger partial charge on any atom is -0.397 e. The molecular weight excluding hydrogens is 282 g/mol. The minimum absolute atomic E-state index is 0.232. The predicted molar refractivity (Wildman–Crippen MR) is 78.3 cm³/mol. The van der Waals surface area contributed by atoms with Crippen molar-refractivity contribution in [3.63, 3.8) is 0 Å². The highest BCUT2D eigenvalue weighted by atomic mass is 32.2. The molecule has 0 unspecified atom stereocenters. The first-order valence-corrected chi connectivity index (χ1v) is 8.51. The van der Waals surface area contributed by atoms with Crippen LogP contribution in [0.15, 0.2) is 34.0 Å². The highest BCUT2D eigenvalue weighted by Crippen LogP contribution is 2.22. The molecule has 3 N–H and O–H groups in total. The molecule has 0 aliphatic carbocycles. The van der Waals surface area contributed by atoms with Gasteiger partial charge in [-0.15, -0.1) is 11.3 Å².